The van der Waals surface area contributed by atoms with E-state index in [1.165, 1.54) is 0 Å². The highest BCUT2D eigenvalue weighted by Gasteiger charge is 1.99. The van der Waals surface area contributed by atoms with Crippen LogP contribution in [0.1, 0.15) is 13.8 Å². The molecule has 0 atom stereocenters. The van der Waals surface area contributed by atoms with Gasteiger partial charge in [0.05, 0.1) is 4.47 Å². The number of aromatic nitrogens is 1. The number of hydrogen-bond acceptors (Lipinski definition) is 2. The van der Waals surface area contributed by atoms with Crippen molar-refractivity contribution in [3.05, 3.63) is 33.2 Å². The summed E-state index contributed by atoms with van der Waals surface area (Å²) in [7, 11) is 0. The highest BCUT2D eigenvalue weighted by molar-refractivity contribution is 9.10. The van der Waals surface area contributed by atoms with Crippen LogP contribution >= 0.6 is 15.9 Å². The van der Waals surface area contributed by atoms with Gasteiger partial charge in [-0.3, -0.25) is 4.79 Å². The van der Waals surface area contributed by atoms with Crippen LogP contribution in [0, 0.1) is 0 Å². The molecular weight excluding hydrogens is 244 g/mol. The Balaban J connectivity index is 2.59. The van der Waals surface area contributed by atoms with Crippen molar-refractivity contribution in [3.8, 4) is 0 Å². The zero-order valence-corrected chi connectivity index (χ0v) is 10.0. The van der Waals surface area contributed by atoms with E-state index in [2.05, 4.69) is 35.1 Å². The minimum absolute atomic E-state index is 0.0260. The SMILES string of the molecule is CC(C)NCCn1cccc(Br)c1=O. The summed E-state index contributed by atoms with van der Waals surface area (Å²) in [5.74, 6) is 0. The molecule has 0 saturated heterocycles. The van der Waals surface area contributed by atoms with Gasteiger partial charge in [-0.05, 0) is 28.1 Å². The second-order valence-electron chi connectivity index (χ2n) is 3.46. The van der Waals surface area contributed by atoms with Gasteiger partial charge in [0.15, 0.2) is 0 Å². The van der Waals surface area contributed by atoms with E-state index >= 15 is 0 Å². The smallest absolute Gasteiger partial charge is 0.264 e. The van der Waals surface area contributed by atoms with Crippen molar-refractivity contribution in [2.45, 2.75) is 26.4 Å². The van der Waals surface area contributed by atoms with Crippen molar-refractivity contribution < 1.29 is 0 Å². The first-order valence-corrected chi connectivity index (χ1v) is 5.49. The largest absolute Gasteiger partial charge is 0.313 e. The molecule has 0 aliphatic rings. The summed E-state index contributed by atoms with van der Waals surface area (Å²) in [6.07, 6.45) is 1.80. The number of halogens is 1. The Morgan fingerprint density at radius 3 is 2.93 bits per heavy atom. The molecule has 14 heavy (non-hydrogen) atoms. The Kier molecular flexibility index (Phi) is 4.35. The average Bonchev–Trinajstić information content (AvgIpc) is 2.12. The summed E-state index contributed by atoms with van der Waals surface area (Å²) in [5, 5.41) is 3.27. The van der Waals surface area contributed by atoms with Crippen molar-refractivity contribution in [1.82, 2.24) is 9.88 Å². The third-order valence-electron chi connectivity index (χ3n) is 1.88. The molecular formula is C10H15BrN2O. The van der Waals surface area contributed by atoms with E-state index in [9.17, 15) is 4.79 Å². The van der Waals surface area contributed by atoms with Gasteiger partial charge in [0.2, 0.25) is 0 Å². The maximum Gasteiger partial charge on any atom is 0.264 e. The second kappa shape index (κ2) is 5.32. The molecule has 0 saturated carbocycles. The van der Waals surface area contributed by atoms with Crippen LogP contribution in [-0.2, 0) is 6.54 Å². The van der Waals surface area contributed by atoms with Gasteiger partial charge >= 0.3 is 0 Å². The molecule has 0 bridgehead atoms. The molecule has 0 unspecified atom stereocenters. The molecule has 0 aliphatic heterocycles. The van der Waals surface area contributed by atoms with Crippen molar-refractivity contribution >= 4 is 15.9 Å². The molecule has 78 valence electrons. The molecule has 0 radical (unpaired) electrons. The molecule has 1 aromatic rings. The molecule has 1 aromatic heterocycles. The van der Waals surface area contributed by atoms with E-state index in [0.717, 1.165) is 6.54 Å². The van der Waals surface area contributed by atoms with Crippen molar-refractivity contribution in [1.29, 1.82) is 0 Å². The fourth-order valence-electron chi connectivity index (χ4n) is 1.16. The van der Waals surface area contributed by atoms with Crippen LogP contribution in [0.3, 0.4) is 0 Å². The highest BCUT2D eigenvalue weighted by Crippen LogP contribution is 2.00. The fraction of sp³-hybridized carbons (Fsp3) is 0.500. The van der Waals surface area contributed by atoms with Gasteiger partial charge in [-0.1, -0.05) is 13.8 Å². The quantitative estimate of drug-likeness (QED) is 0.891. The van der Waals surface area contributed by atoms with E-state index in [1.54, 1.807) is 16.8 Å². The maximum absolute atomic E-state index is 11.5. The van der Waals surface area contributed by atoms with Crippen LogP contribution in [-0.4, -0.2) is 17.2 Å². The normalized spacial score (nSPS) is 10.9. The van der Waals surface area contributed by atoms with E-state index in [0.29, 0.717) is 17.1 Å². The first-order valence-electron chi connectivity index (χ1n) is 4.69. The maximum atomic E-state index is 11.5. The predicted molar refractivity (Wildman–Crippen MR) is 61.5 cm³/mol. The standard InChI is InChI=1S/C10H15BrN2O/c1-8(2)12-5-7-13-6-3-4-9(11)10(13)14/h3-4,6,8,12H,5,7H2,1-2H3. The number of hydrogen-bond donors (Lipinski definition) is 1. The zero-order chi connectivity index (χ0) is 10.6. The number of rotatable bonds is 4. The van der Waals surface area contributed by atoms with Crippen LogP contribution in [0.2, 0.25) is 0 Å². The number of nitrogens with zero attached hydrogens (tertiary/aromatic N) is 1. The Morgan fingerprint density at radius 2 is 2.29 bits per heavy atom. The minimum atomic E-state index is 0.0260. The molecule has 0 fully saturated rings. The van der Waals surface area contributed by atoms with Crippen LogP contribution in [0.5, 0.6) is 0 Å². The summed E-state index contributed by atoms with van der Waals surface area (Å²) in [4.78, 5) is 11.5. The molecule has 0 amide bonds. The van der Waals surface area contributed by atoms with Crippen molar-refractivity contribution in [3.63, 3.8) is 0 Å². The zero-order valence-electron chi connectivity index (χ0n) is 8.46. The third kappa shape index (κ3) is 3.27. The summed E-state index contributed by atoms with van der Waals surface area (Å²) < 4.78 is 2.31. The molecule has 3 nitrogen and oxygen atoms in total. The lowest BCUT2D eigenvalue weighted by molar-refractivity contribution is 0.533. The van der Waals surface area contributed by atoms with Crippen molar-refractivity contribution in [2.24, 2.45) is 0 Å². The summed E-state index contributed by atoms with van der Waals surface area (Å²) in [5.41, 5.74) is 0.0260. The second-order valence-corrected chi connectivity index (χ2v) is 4.32. The molecule has 0 spiro atoms. The van der Waals surface area contributed by atoms with Crippen LogP contribution in [0.25, 0.3) is 0 Å². The van der Waals surface area contributed by atoms with E-state index < -0.39 is 0 Å². The molecule has 0 aromatic carbocycles. The number of nitrogens with one attached hydrogen (secondary N) is 1. The third-order valence-corrected chi connectivity index (χ3v) is 2.48. The molecule has 0 aliphatic carbocycles. The van der Waals surface area contributed by atoms with E-state index in [1.807, 2.05) is 6.07 Å². The Morgan fingerprint density at radius 1 is 1.57 bits per heavy atom. The summed E-state index contributed by atoms with van der Waals surface area (Å²) >= 11 is 3.21. The lowest BCUT2D eigenvalue weighted by Crippen LogP contribution is -2.30. The Hall–Kier alpha value is -0.610. The molecule has 1 heterocycles. The summed E-state index contributed by atoms with van der Waals surface area (Å²) in [6.45, 7) is 5.69. The van der Waals surface area contributed by atoms with Crippen LogP contribution < -0.4 is 10.9 Å². The van der Waals surface area contributed by atoms with Gasteiger partial charge in [-0.2, -0.15) is 0 Å². The van der Waals surface area contributed by atoms with Gasteiger partial charge in [0, 0.05) is 25.3 Å². The minimum Gasteiger partial charge on any atom is -0.313 e. The monoisotopic (exact) mass is 258 g/mol. The highest BCUT2D eigenvalue weighted by atomic mass is 79.9. The van der Waals surface area contributed by atoms with Crippen LogP contribution in [0.4, 0.5) is 0 Å². The van der Waals surface area contributed by atoms with E-state index in [-0.39, 0.29) is 5.56 Å². The number of pyridine rings is 1. The molecule has 4 heteroatoms. The van der Waals surface area contributed by atoms with Gasteiger partial charge in [-0.25, -0.2) is 0 Å². The Bertz CT molecular complexity index is 346. The first kappa shape index (κ1) is 11.5. The first-order chi connectivity index (χ1) is 6.61. The van der Waals surface area contributed by atoms with Gasteiger partial charge in [0.25, 0.3) is 5.56 Å². The topological polar surface area (TPSA) is 34.0 Å². The van der Waals surface area contributed by atoms with Gasteiger partial charge < -0.3 is 9.88 Å². The lowest BCUT2D eigenvalue weighted by atomic mass is 10.4. The van der Waals surface area contributed by atoms with Gasteiger partial charge in [-0.15, -0.1) is 0 Å². The summed E-state index contributed by atoms with van der Waals surface area (Å²) in [6, 6.07) is 4.08. The van der Waals surface area contributed by atoms with Crippen molar-refractivity contribution in [2.75, 3.05) is 6.54 Å². The molecule has 1 rings (SSSR count). The molecule has 1 N–H and O–H groups in total. The lowest BCUT2D eigenvalue weighted by Gasteiger charge is -2.09. The van der Waals surface area contributed by atoms with Gasteiger partial charge in [0.1, 0.15) is 0 Å². The Labute approximate surface area is 92.3 Å². The predicted octanol–water partition coefficient (Wildman–Crippen LogP) is 1.61. The van der Waals surface area contributed by atoms with Crippen LogP contribution in [0.15, 0.2) is 27.6 Å². The fourth-order valence-corrected chi connectivity index (χ4v) is 1.54. The van der Waals surface area contributed by atoms with E-state index in [4.69, 9.17) is 0 Å². The average molecular weight is 259 g/mol.